The molecule has 0 bridgehead atoms. The fourth-order valence-corrected chi connectivity index (χ4v) is 3.53. The van der Waals surface area contributed by atoms with Crippen molar-refractivity contribution in [1.29, 1.82) is 0 Å². The quantitative estimate of drug-likeness (QED) is 0.429. The summed E-state index contributed by atoms with van der Waals surface area (Å²) in [6.07, 6.45) is 3.72. The van der Waals surface area contributed by atoms with Crippen molar-refractivity contribution < 1.29 is 17.9 Å². The second-order valence-corrected chi connectivity index (χ2v) is 7.05. The minimum Gasteiger partial charge on any atom is -0.486 e. The number of aryl methyl sites for hydroxylation is 2. The molecular formula is C19H18F2N4O2S. The minimum atomic E-state index is -2.77. The molecule has 146 valence electrons. The number of nitrogens with zero attached hydrogens (tertiary/aromatic N) is 4. The third-order valence-electron chi connectivity index (χ3n) is 4.45. The van der Waals surface area contributed by atoms with Crippen LogP contribution in [-0.4, -0.2) is 27.3 Å². The smallest absolute Gasteiger partial charge is 0.299 e. The van der Waals surface area contributed by atoms with Gasteiger partial charge in [0.25, 0.3) is 6.43 Å². The van der Waals surface area contributed by atoms with Crippen molar-refractivity contribution in [3.8, 4) is 5.75 Å². The van der Waals surface area contributed by atoms with Crippen LogP contribution in [0, 0.1) is 0 Å². The van der Waals surface area contributed by atoms with E-state index in [0.717, 1.165) is 23.3 Å². The summed E-state index contributed by atoms with van der Waals surface area (Å²) in [6, 6.07) is 9.63. The lowest BCUT2D eigenvalue weighted by Crippen LogP contribution is -2.00. The molecule has 2 heterocycles. The van der Waals surface area contributed by atoms with Gasteiger partial charge in [0.1, 0.15) is 23.9 Å². The monoisotopic (exact) mass is 404 g/mol. The topological polar surface area (TPSA) is 65.4 Å². The van der Waals surface area contributed by atoms with Crippen LogP contribution < -0.4 is 4.74 Å². The molecule has 0 spiro atoms. The van der Waals surface area contributed by atoms with Crippen LogP contribution in [0.2, 0.25) is 0 Å². The number of thioether (sulfide) groups is 1. The molecule has 0 N–H and O–H groups in total. The first-order valence-corrected chi connectivity index (χ1v) is 10.0. The van der Waals surface area contributed by atoms with E-state index in [4.69, 9.17) is 9.15 Å². The molecular weight excluding hydrogens is 386 g/mol. The number of ether oxygens (including phenoxy) is 1. The molecule has 0 atom stereocenters. The molecule has 0 saturated carbocycles. The molecule has 0 amide bonds. The van der Waals surface area contributed by atoms with Crippen molar-refractivity contribution >= 4 is 18.0 Å². The second-order valence-electron chi connectivity index (χ2n) is 6.28. The number of alkyl halides is 2. The summed E-state index contributed by atoms with van der Waals surface area (Å²) in [5.41, 5.74) is 2.74. The maximum Gasteiger partial charge on any atom is 0.299 e. The number of hydrogen-bond acceptors (Lipinski definition) is 6. The van der Waals surface area contributed by atoms with E-state index < -0.39 is 12.2 Å². The van der Waals surface area contributed by atoms with Gasteiger partial charge in [-0.05, 0) is 60.9 Å². The standard InChI is InChI=1S/C19H18F2N4O2S/c1-28-19-24-23-18(17(20)21)25(19)22-10-15-7-8-16(27-15)11-26-14-6-5-12-3-2-4-13(12)9-14/h5-10,17H,2-4,11H2,1H3/b22-10+. The molecule has 3 aromatic rings. The molecule has 4 rings (SSSR count). The van der Waals surface area contributed by atoms with Crippen molar-refractivity contribution in [3.05, 3.63) is 58.8 Å². The Morgan fingerprint density at radius 2 is 2.11 bits per heavy atom. The Bertz CT molecular complexity index is 1000. The van der Waals surface area contributed by atoms with E-state index in [9.17, 15) is 8.78 Å². The van der Waals surface area contributed by atoms with Crippen LogP contribution in [-0.2, 0) is 19.4 Å². The maximum atomic E-state index is 13.0. The summed E-state index contributed by atoms with van der Waals surface area (Å²) in [5.74, 6) is 1.34. The normalized spacial score (nSPS) is 13.6. The van der Waals surface area contributed by atoms with Crippen LogP contribution in [0.4, 0.5) is 8.78 Å². The Morgan fingerprint density at radius 3 is 2.93 bits per heavy atom. The molecule has 9 heteroatoms. The number of hydrogen-bond donors (Lipinski definition) is 0. The van der Waals surface area contributed by atoms with Gasteiger partial charge in [0.05, 0.1) is 6.21 Å². The Balaban J connectivity index is 1.42. The van der Waals surface area contributed by atoms with E-state index in [1.807, 2.05) is 6.07 Å². The second kappa shape index (κ2) is 8.14. The molecule has 0 radical (unpaired) electrons. The molecule has 2 aromatic heterocycles. The van der Waals surface area contributed by atoms with E-state index in [-0.39, 0.29) is 11.8 Å². The van der Waals surface area contributed by atoms with Gasteiger partial charge in [0.15, 0.2) is 0 Å². The summed E-state index contributed by atoms with van der Waals surface area (Å²) in [5, 5.41) is 11.5. The van der Waals surface area contributed by atoms with Crippen LogP contribution in [0.15, 0.2) is 45.0 Å². The number of furan rings is 1. The van der Waals surface area contributed by atoms with Crippen LogP contribution in [0.25, 0.3) is 0 Å². The third-order valence-corrected chi connectivity index (χ3v) is 5.07. The zero-order valence-electron chi connectivity index (χ0n) is 15.1. The lowest BCUT2D eigenvalue weighted by Gasteiger charge is -2.06. The molecule has 6 nitrogen and oxygen atoms in total. The summed E-state index contributed by atoms with van der Waals surface area (Å²) in [6.45, 7) is 0.275. The van der Waals surface area contributed by atoms with Crippen LogP contribution in [0.5, 0.6) is 5.75 Å². The fraction of sp³-hybridized carbons (Fsp3) is 0.316. The van der Waals surface area contributed by atoms with E-state index in [2.05, 4.69) is 27.4 Å². The van der Waals surface area contributed by atoms with Gasteiger partial charge in [-0.1, -0.05) is 17.8 Å². The van der Waals surface area contributed by atoms with Crippen molar-refractivity contribution in [2.75, 3.05) is 6.26 Å². The molecule has 0 fully saturated rings. The van der Waals surface area contributed by atoms with Gasteiger partial charge in [-0.15, -0.1) is 10.2 Å². The number of benzene rings is 1. The Kier molecular flexibility index (Phi) is 5.43. The fourth-order valence-electron chi connectivity index (χ4n) is 3.10. The van der Waals surface area contributed by atoms with E-state index in [0.29, 0.717) is 11.5 Å². The van der Waals surface area contributed by atoms with Gasteiger partial charge >= 0.3 is 0 Å². The predicted molar refractivity (Wildman–Crippen MR) is 101 cm³/mol. The lowest BCUT2D eigenvalue weighted by molar-refractivity contribution is 0.135. The van der Waals surface area contributed by atoms with E-state index in [1.54, 1.807) is 18.4 Å². The highest BCUT2D eigenvalue weighted by Gasteiger charge is 2.19. The SMILES string of the molecule is CSc1nnc(C(F)F)n1/N=C/c1ccc(COc2ccc3c(c2)CCC3)o1. The Hall–Kier alpha value is -2.68. The number of rotatable bonds is 7. The number of fused-ring (bicyclic) bond motifs is 1. The highest BCUT2D eigenvalue weighted by molar-refractivity contribution is 7.98. The largest absolute Gasteiger partial charge is 0.486 e. The van der Waals surface area contributed by atoms with Gasteiger partial charge < -0.3 is 9.15 Å². The van der Waals surface area contributed by atoms with Crippen LogP contribution >= 0.6 is 11.8 Å². The summed E-state index contributed by atoms with van der Waals surface area (Å²) >= 11 is 1.18. The predicted octanol–water partition coefficient (Wildman–Crippen LogP) is 4.48. The number of halogens is 2. The lowest BCUT2D eigenvalue weighted by atomic mass is 10.1. The first-order chi connectivity index (χ1) is 13.6. The summed E-state index contributed by atoms with van der Waals surface area (Å²) in [4.78, 5) is 0. The van der Waals surface area contributed by atoms with E-state index >= 15 is 0 Å². The molecule has 1 aromatic carbocycles. The zero-order valence-corrected chi connectivity index (χ0v) is 16.0. The first-order valence-electron chi connectivity index (χ1n) is 8.79. The van der Waals surface area contributed by atoms with Gasteiger partial charge in [0.2, 0.25) is 11.0 Å². The molecule has 0 saturated heterocycles. The maximum absolute atomic E-state index is 13.0. The van der Waals surface area contributed by atoms with Gasteiger partial charge in [-0.3, -0.25) is 0 Å². The molecule has 28 heavy (non-hydrogen) atoms. The zero-order chi connectivity index (χ0) is 19.5. The van der Waals surface area contributed by atoms with Gasteiger partial charge in [0, 0.05) is 0 Å². The Labute approximate surface area is 164 Å². The third kappa shape index (κ3) is 3.94. The average Bonchev–Trinajstić information content (AvgIpc) is 3.42. The van der Waals surface area contributed by atoms with Gasteiger partial charge in [-0.2, -0.15) is 9.78 Å². The summed E-state index contributed by atoms with van der Waals surface area (Å²) in [7, 11) is 0. The highest BCUT2D eigenvalue weighted by Crippen LogP contribution is 2.26. The molecule has 1 aliphatic rings. The average molecular weight is 404 g/mol. The number of aromatic nitrogens is 3. The van der Waals surface area contributed by atoms with Crippen molar-refractivity contribution in [1.82, 2.24) is 14.9 Å². The molecule has 0 unspecified atom stereocenters. The van der Waals surface area contributed by atoms with E-state index in [1.165, 1.54) is 35.5 Å². The summed E-state index contributed by atoms with van der Waals surface area (Å²) < 4.78 is 38.5. The van der Waals surface area contributed by atoms with Crippen LogP contribution in [0.3, 0.4) is 0 Å². The molecule has 0 aliphatic heterocycles. The Morgan fingerprint density at radius 1 is 1.25 bits per heavy atom. The minimum absolute atomic E-state index is 0.275. The van der Waals surface area contributed by atoms with Crippen molar-refractivity contribution in [3.63, 3.8) is 0 Å². The van der Waals surface area contributed by atoms with Crippen molar-refractivity contribution in [2.45, 2.75) is 37.5 Å². The van der Waals surface area contributed by atoms with Crippen molar-refractivity contribution in [2.24, 2.45) is 5.10 Å². The van der Waals surface area contributed by atoms with Crippen LogP contribution in [0.1, 0.15) is 41.3 Å². The molecule has 1 aliphatic carbocycles. The first kappa shape index (κ1) is 18.7. The highest BCUT2D eigenvalue weighted by atomic mass is 32.2. The van der Waals surface area contributed by atoms with Gasteiger partial charge in [-0.25, -0.2) is 8.78 Å².